The molecule has 0 aliphatic carbocycles. The van der Waals surface area contributed by atoms with E-state index in [0.29, 0.717) is 5.69 Å². The molecule has 6 heteroatoms. The molecular weight excluding hydrogens is 288 g/mol. The van der Waals surface area contributed by atoms with E-state index in [1.807, 2.05) is 24.3 Å². The third-order valence-electron chi connectivity index (χ3n) is 2.94. The van der Waals surface area contributed by atoms with E-state index in [9.17, 15) is 14.4 Å². The van der Waals surface area contributed by atoms with E-state index in [2.05, 4.69) is 17.6 Å². The predicted octanol–water partition coefficient (Wildman–Crippen LogP) is 2.83. The van der Waals surface area contributed by atoms with Crippen LogP contribution in [-0.4, -0.2) is 17.1 Å². The Kier molecular flexibility index (Phi) is 5.16. The Balaban J connectivity index is 1.95. The maximum absolute atomic E-state index is 11.8. The van der Waals surface area contributed by atoms with Crippen molar-refractivity contribution in [3.63, 3.8) is 0 Å². The number of carbonyl (C=O) groups is 3. The van der Waals surface area contributed by atoms with Gasteiger partial charge in [0.25, 0.3) is 11.1 Å². The number of imide groups is 1. The SMILES string of the molecule is CCCCc1ccc(NC(=O)C=C2SC(=O)NC2=O)cc1. The number of anilines is 1. The van der Waals surface area contributed by atoms with Gasteiger partial charge >= 0.3 is 0 Å². The Bertz CT molecular complexity index is 593. The molecule has 0 atom stereocenters. The Hall–Kier alpha value is -2.08. The molecule has 1 aromatic rings. The van der Waals surface area contributed by atoms with Gasteiger partial charge in [0.2, 0.25) is 5.91 Å². The van der Waals surface area contributed by atoms with Gasteiger partial charge in [-0.1, -0.05) is 25.5 Å². The summed E-state index contributed by atoms with van der Waals surface area (Å²) in [6.45, 7) is 2.14. The number of amides is 3. The van der Waals surface area contributed by atoms with Crippen LogP contribution in [0.3, 0.4) is 0 Å². The maximum atomic E-state index is 11.8. The van der Waals surface area contributed by atoms with E-state index in [4.69, 9.17) is 0 Å². The minimum atomic E-state index is -0.532. The lowest BCUT2D eigenvalue weighted by molar-refractivity contribution is -0.116. The molecule has 0 aromatic heterocycles. The molecule has 110 valence electrons. The van der Waals surface area contributed by atoms with Crippen molar-refractivity contribution in [3.05, 3.63) is 40.8 Å². The Morgan fingerprint density at radius 2 is 2.00 bits per heavy atom. The lowest BCUT2D eigenvalue weighted by Crippen LogP contribution is -2.18. The molecule has 0 unspecified atom stereocenters. The summed E-state index contributed by atoms with van der Waals surface area (Å²) in [7, 11) is 0. The number of hydrogen-bond acceptors (Lipinski definition) is 4. The summed E-state index contributed by atoms with van der Waals surface area (Å²) < 4.78 is 0. The van der Waals surface area contributed by atoms with E-state index >= 15 is 0 Å². The second kappa shape index (κ2) is 7.08. The zero-order valence-electron chi connectivity index (χ0n) is 11.6. The number of carbonyl (C=O) groups excluding carboxylic acids is 3. The first kappa shape index (κ1) is 15.3. The number of hydrogen-bond donors (Lipinski definition) is 2. The molecule has 2 rings (SSSR count). The molecule has 1 saturated heterocycles. The summed E-state index contributed by atoms with van der Waals surface area (Å²) in [5, 5.41) is 4.31. The summed E-state index contributed by atoms with van der Waals surface area (Å²) in [5.74, 6) is -0.960. The third kappa shape index (κ3) is 4.46. The summed E-state index contributed by atoms with van der Waals surface area (Å²) in [6.07, 6.45) is 4.44. The van der Waals surface area contributed by atoms with Crippen LogP contribution in [0.2, 0.25) is 0 Å². The van der Waals surface area contributed by atoms with E-state index in [1.165, 1.54) is 5.56 Å². The smallest absolute Gasteiger partial charge is 0.290 e. The molecule has 0 spiro atoms. The minimum Gasteiger partial charge on any atom is -0.322 e. The van der Waals surface area contributed by atoms with Crippen molar-refractivity contribution in [1.82, 2.24) is 5.32 Å². The Morgan fingerprint density at radius 1 is 1.29 bits per heavy atom. The first-order chi connectivity index (χ1) is 10.1. The van der Waals surface area contributed by atoms with Crippen LogP contribution >= 0.6 is 11.8 Å². The largest absolute Gasteiger partial charge is 0.322 e. The van der Waals surface area contributed by atoms with Crippen LogP contribution in [0.4, 0.5) is 10.5 Å². The lowest BCUT2D eigenvalue weighted by atomic mass is 10.1. The number of rotatable bonds is 5. The summed E-state index contributed by atoms with van der Waals surface area (Å²) in [6, 6.07) is 7.60. The van der Waals surface area contributed by atoms with Crippen molar-refractivity contribution in [3.8, 4) is 0 Å². The molecule has 3 amide bonds. The van der Waals surface area contributed by atoms with E-state index in [1.54, 1.807) is 0 Å². The Labute approximate surface area is 127 Å². The highest BCUT2D eigenvalue weighted by atomic mass is 32.2. The number of unbranched alkanes of at least 4 members (excludes halogenated alkanes) is 1. The van der Waals surface area contributed by atoms with Gasteiger partial charge in [-0.3, -0.25) is 19.7 Å². The van der Waals surface area contributed by atoms with E-state index in [-0.39, 0.29) is 4.91 Å². The molecule has 1 fully saturated rings. The summed E-state index contributed by atoms with van der Waals surface area (Å²) >= 11 is 0.725. The van der Waals surface area contributed by atoms with Crippen molar-refractivity contribution < 1.29 is 14.4 Å². The van der Waals surface area contributed by atoms with Crippen LogP contribution in [0.15, 0.2) is 35.2 Å². The zero-order valence-corrected chi connectivity index (χ0v) is 12.5. The number of aryl methyl sites for hydroxylation is 1. The molecule has 1 aromatic carbocycles. The molecular formula is C15H16N2O3S. The fourth-order valence-corrected chi connectivity index (χ4v) is 2.51. The average molecular weight is 304 g/mol. The van der Waals surface area contributed by atoms with Crippen molar-refractivity contribution >= 4 is 34.5 Å². The van der Waals surface area contributed by atoms with Crippen molar-refractivity contribution in [2.75, 3.05) is 5.32 Å². The van der Waals surface area contributed by atoms with Crippen molar-refractivity contribution in [1.29, 1.82) is 0 Å². The van der Waals surface area contributed by atoms with Crippen LogP contribution in [0.1, 0.15) is 25.3 Å². The first-order valence-electron chi connectivity index (χ1n) is 6.73. The first-order valence-corrected chi connectivity index (χ1v) is 7.55. The highest BCUT2D eigenvalue weighted by Gasteiger charge is 2.25. The van der Waals surface area contributed by atoms with Crippen LogP contribution < -0.4 is 10.6 Å². The maximum Gasteiger partial charge on any atom is 0.290 e. The monoisotopic (exact) mass is 304 g/mol. The van der Waals surface area contributed by atoms with Gasteiger partial charge in [-0.15, -0.1) is 0 Å². The minimum absolute atomic E-state index is 0.108. The molecule has 21 heavy (non-hydrogen) atoms. The molecule has 2 N–H and O–H groups in total. The highest BCUT2D eigenvalue weighted by Crippen LogP contribution is 2.22. The topological polar surface area (TPSA) is 75.3 Å². The summed E-state index contributed by atoms with van der Waals surface area (Å²) in [5.41, 5.74) is 1.89. The van der Waals surface area contributed by atoms with Gasteiger partial charge in [0, 0.05) is 11.8 Å². The van der Waals surface area contributed by atoms with Gasteiger partial charge in [0.15, 0.2) is 0 Å². The number of nitrogens with one attached hydrogen (secondary N) is 2. The average Bonchev–Trinajstić information content (AvgIpc) is 2.76. The fourth-order valence-electron chi connectivity index (χ4n) is 1.85. The predicted molar refractivity (Wildman–Crippen MR) is 82.9 cm³/mol. The second-order valence-electron chi connectivity index (χ2n) is 4.64. The summed E-state index contributed by atoms with van der Waals surface area (Å²) in [4.78, 5) is 34.2. The Morgan fingerprint density at radius 3 is 2.57 bits per heavy atom. The van der Waals surface area contributed by atoms with Gasteiger partial charge in [-0.05, 0) is 42.3 Å². The molecule has 1 aliphatic heterocycles. The molecule has 0 saturated carbocycles. The van der Waals surface area contributed by atoms with Gasteiger partial charge in [-0.25, -0.2) is 0 Å². The number of thioether (sulfide) groups is 1. The molecule has 1 aliphatic rings. The fraction of sp³-hybridized carbons (Fsp3) is 0.267. The van der Waals surface area contributed by atoms with Crippen LogP contribution in [0, 0.1) is 0 Å². The number of benzene rings is 1. The third-order valence-corrected chi connectivity index (χ3v) is 3.76. The van der Waals surface area contributed by atoms with Crippen LogP contribution in [-0.2, 0) is 16.0 Å². The molecule has 5 nitrogen and oxygen atoms in total. The lowest BCUT2D eigenvalue weighted by Gasteiger charge is -2.04. The molecule has 0 radical (unpaired) electrons. The van der Waals surface area contributed by atoms with Gasteiger partial charge in [-0.2, -0.15) is 0 Å². The normalized spacial score (nSPS) is 16.1. The van der Waals surface area contributed by atoms with Gasteiger partial charge in [0.05, 0.1) is 4.91 Å². The van der Waals surface area contributed by atoms with Gasteiger partial charge < -0.3 is 5.32 Å². The van der Waals surface area contributed by atoms with Crippen molar-refractivity contribution in [2.45, 2.75) is 26.2 Å². The van der Waals surface area contributed by atoms with Gasteiger partial charge in [0.1, 0.15) is 0 Å². The van der Waals surface area contributed by atoms with Crippen molar-refractivity contribution in [2.24, 2.45) is 0 Å². The highest BCUT2D eigenvalue weighted by molar-refractivity contribution is 8.18. The quantitative estimate of drug-likeness (QED) is 0.820. The molecule has 1 heterocycles. The van der Waals surface area contributed by atoms with Crippen LogP contribution in [0.25, 0.3) is 0 Å². The molecule has 0 bridgehead atoms. The van der Waals surface area contributed by atoms with E-state index < -0.39 is 17.1 Å². The van der Waals surface area contributed by atoms with E-state index in [0.717, 1.165) is 37.1 Å². The second-order valence-corrected chi connectivity index (χ2v) is 5.66. The zero-order chi connectivity index (χ0) is 15.2. The van der Waals surface area contributed by atoms with Crippen LogP contribution in [0.5, 0.6) is 0 Å². The standard InChI is InChI=1S/C15H16N2O3S/c1-2-3-4-10-5-7-11(8-6-10)16-13(18)9-12-14(19)17-15(20)21-12/h5-9H,2-4H2,1H3,(H,16,18)(H,17,19,20).